The van der Waals surface area contributed by atoms with Gasteiger partial charge in [0, 0.05) is 18.0 Å². The van der Waals surface area contributed by atoms with Gasteiger partial charge in [-0.3, -0.25) is 0 Å². The van der Waals surface area contributed by atoms with Crippen molar-refractivity contribution < 1.29 is 14.3 Å². The molecule has 1 aromatic heterocycles. The van der Waals surface area contributed by atoms with Gasteiger partial charge in [-0.25, -0.2) is 0 Å². The first-order chi connectivity index (χ1) is 16.6. The van der Waals surface area contributed by atoms with Gasteiger partial charge in [0.05, 0.1) is 0 Å². The van der Waals surface area contributed by atoms with E-state index in [4.69, 9.17) is 20.8 Å². The van der Waals surface area contributed by atoms with E-state index in [1.54, 1.807) is 12.1 Å². The maximum atomic E-state index is 9.82. The van der Waals surface area contributed by atoms with Gasteiger partial charge in [0.25, 0.3) is 0 Å². The molecule has 0 unspecified atom stereocenters. The van der Waals surface area contributed by atoms with Crippen LogP contribution in [0.4, 0.5) is 0 Å². The van der Waals surface area contributed by atoms with E-state index in [-0.39, 0.29) is 5.75 Å². The lowest BCUT2D eigenvalue weighted by Gasteiger charge is -2.17. The van der Waals surface area contributed by atoms with Crippen LogP contribution in [-0.4, -0.2) is 25.3 Å². The van der Waals surface area contributed by atoms with E-state index in [1.165, 1.54) is 5.57 Å². The number of halogens is 1. The molecule has 0 saturated carbocycles. The van der Waals surface area contributed by atoms with Gasteiger partial charge in [0.2, 0.25) is 0 Å². The largest absolute Gasteiger partial charge is 0.508 e. The number of furan rings is 1. The summed E-state index contributed by atoms with van der Waals surface area (Å²) >= 11 is 6.06. The topological polar surface area (TPSA) is 54.6 Å². The van der Waals surface area contributed by atoms with Crippen LogP contribution >= 0.6 is 11.6 Å². The molecular weight excluding hydrogens is 446 g/mol. The van der Waals surface area contributed by atoms with Gasteiger partial charge in [-0.1, -0.05) is 51.1 Å². The molecule has 4 rings (SSSR count). The van der Waals surface area contributed by atoms with Crippen molar-refractivity contribution in [3.63, 3.8) is 0 Å². The Kier molecular flexibility index (Phi) is 9.20. The number of fused-ring (bicyclic) bond motifs is 1. The van der Waals surface area contributed by atoms with Crippen molar-refractivity contribution >= 4 is 33.7 Å². The van der Waals surface area contributed by atoms with E-state index < -0.39 is 0 Å². The molecule has 0 bridgehead atoms. The minimum atomic E-state index is 0.244. The number of ether oxygens (including phenoxy) is 1. The quantitative estimate of drug-likeness (QED) is 0.201. The second-order valence-electron chi connectivity index (χ2n) is 7.53. The van der Waals surface area contributed by atoms with Crippen molar-refractivity contribution in [1.82, 2.24) is 5.32 Å². The Morgan fingerprint density at radius 3 is 2.15 bits per heavy atom. The molecule has 4 nitrogen and oxygen atoms in total. The molecule has 0 aliphatic heterocycles. The number of benzene rings is 3. The van der Waals surface area contributed by atoms with Crippen LogP contribution in [-0.2, 0) is 0 Å². The van der Waals surface area contributed by atoms with Crippen molar-refractivity contribution in [3.8, 4) is 11.5 Å². The molecule has 0 radical (unpaired) electrons. The Hall–Kier alpha value is -3.21. The predicted molar refractivity (Wildman–Crippen MR) is 143 cm³/mol. The molecule has 0 saturated heterocycles. The van der Waals surface area contributed by atoms with E-state index in [0.29, 0.717) is 11.8 Å². The van der Waals surface area contributed by atoms with Gasteiger partial charge in [0.1, 0.15) is 23.7 Å². The third-order valence-electron chi connectivity index (χ3n) is 5.41. The summed E-state index contributed by atoms with van der Waals surface area (Å²) in [4.78, 5) is 0. The van der Waals surface area contributed by atoms with Gasteiger partial charge in [-0.15, -0.1) is 0 Å². The monoisotopic (exact) mass is 477 g/mol. The number of hydrogen-bond donors (Lipinski definition) is 2. The minimum absolute atomic E-state index is 0.244. The van der Waals surface area contributed by atoms with Crippen molar-refractivity contribution in [3.05, 3.63) is 94.7 Å². The molecule has 178 valence electrons. The summed E-state index contributed by atoms with van der Waals surface area (Å²) in [6.07, 6.45) is 0.827. The van der Waals surface area contributed by atoms with Crippen LogP contribution in [0.2, 0.25) is 5.22 Å². The van der Waals surface area contributed by atoms with Crippen LogP contribution in [0, 0.1) is 0 Å². The summed E-state index contributed by atoms with van der Waals surface area (Å²) < 4.78 is 11.3. The van der Waals surface area contributed by atoms with Crippen LogP contribution < -0.4 is 10.1 Å². The average Bonchev–Trinajstić information content (AvgIpc) is 3.24. The molecule has 0 fully saturated rings. The molecule has 3 aromatic carbocycles. The van der Waals surface area contributed by atoms with Crippen LogP contribution in [0.15, 0.2) is 77.2 Å². The zero-order valence-electron chi connectivity index (χ0n) is 20.2. The Morgan fingerprint density at radius 2 is 1.53 bits per heavy atom. The van der Waals surface area contributed by atoms with Gasteiger partial charge in [-0.2, -0.15) is 0 Å². The Labute approximate surface area is 206 Å². The van der Waals surface area contributed by atoms with Crippen molar-refractivity contribution in [2.45, 2.75) is 27.2 Å². The van der Waals surface area contributed by atoms with Crippen LogP contribution in [0.25, 0.3) is 22.1 Å². The summed E-state index contributed by atoms with van der Waals surface area (Å²) in [6.45, 7) is 7.56. The van der Waals surface area contributed by atoms with E-state index in [1.807, 2.05) is 57.3 Å². The van der Waals surface area contributed by atoms with Crippen LogP contribution in [0.3, 0.4) is 0 Å². The molecule has 2 N–H and O–H groups in total. The number of rotatable bonds is 8. The molecule has 0 amide bonds. The number of nitrogens with one attached hydrogen (secondary N) is 1. The van der Waals surface area contributed by atoms with Crippen molar-refractivity contribution in [2.75, 3.05) is 20.2 Å². The fourth-order valence-corrected chi connectivity index (χ4v) is 4.06. The van der Waals surface area contributed by atoms with E-state index in [2.05, 4.69) is 36.5 Å². The average molecular weight is 478 g/mol. The number of phenolic OH excluding ortho intramolecular Hbond substituents is 1. The highest BCUT2D eigenvalue weighted by Gasteiger charge is 2.15. The Morgan fingerprint density at radius 1 is 0.912 bits per heavy atom. The molecule has 1 heterocycles. The lowest BCUT2D eigenvalue weighted by molar-refractivity contribution is 0.318. The summed E-state index contributed by atoms with van der Waals surface area (Å²) in [5.74, 6) is 1.08. The normalized spacial score (nSPS) is 11.6. The maximum Gasteiger partial charge on any atom is 0.194 e. The fraction of sp³-hybridized carbons (Fsp3) is 0.241. The number of aromatic hydroxyl groups is 1. The molecule has 0 spiro atoms. The first kappa shape index (κ1) is 25.4. The van der Waals surface area contributed by atoms with Crippen LogP contribution in [0.5, 0.6) is 11.5 Å². The van der Waals surface area contributed by atoms with E-state index in [0.717, 1.165) is 51.9 Å². The van der Waals surface area contributed by atoms with Crippen molar-refractivity contribution in [1.29, 1.82) is 0 Å². The first-order valence-corrected chi connectivity index (χ1v) is 12.1. The van der Waals surface area contributed by atoms with Gasteiger partial charge in [-0.05, 0) is 89.3 Å². The zero-order valence-corrected chi connectivity index (χ0v) is 20.9. The molecule has 0 atom stereocenters. The fourth-order valence-electron chi connectivity index (χ4n) is 3.86. The zero-order chi connectivity index (χ0) is 24.5. The highest BCUT2D eigenvalue weighted by Crippen LogP contribution is 2.37. The third-order valence-corrected chi connectivity index (χ3v) is 5.60. The smallest absolute Gasteiger partial charge is 0.194 e. The molecule has 0 aliphatic carbocycles. The lowest BCUT2D eigenvalue weighted by Crippen LogP contribution is -2.15. The summed E-state index contributed by atoms with van der Waals surface area (Å²) in [5, 5.41) is 14.3. The molecular formula is C29H32ClNO3. The third kappa shape index (κ3) is 6.02. The highest BCUT2D eigenvalue weighted by atomic mass is 35.5. The lowest BCUT2D eigenvalue weighted by atomic mass is 9.88. The number of hydrogen-bond acceptors (Lipinski definition) is 4. The van der Waals surface area contributed by atoms with Crippen molar-refractivity contribution in [2.24, 2.45) is 0 Å². The summed E-state index contributed by atoms with van der Waals surface area (Å²) in [6, 6.07) is 23.5. The number of allylic oxidation sites excluding steroid dienone is 1. The Balaban J connectivity index is 0.00000158. The first-order valence-electron chi connectivity index (χ1n) is 11.7. The predicted octanol–water partition coefficient (Wildman–Crippen LogP) is 7.79. The molecule has 34 heavy (non-hydrogen) atoms. The molecule has 4 aromatic rings. The van der Waals surface area contributed by atoms with E-state index in [9.17, 15) is 5.11 Å². The second-order valence-corrected chi connectivity index (χ2v) is 7.91. The number of likely N-dealkylation sites (N-methyl/N-ethyl adjacent to an activating group) is 1. The summed E-state index contributed by atoms with van der Waals surface area (Å²) in [5.41, 5.74) is 6.30. The maximum absolute atomic E-state index is 9.82. The van der Waals surface area contributed by atoms with Gasteiger partial charge >= 0.3 is 0 Å². The molecule has 5 heteroatoms. The summed E-state index contributed by atoms with van der Waals surface area (Å²) in [7, 11) is 1.91. The minimum Gasteiger partial charge on any atom is -0.508 e. The second kappa shape index (κ2) is 12.3. The van der Waals surface area contributed by atoms with Gasteiger partial charge in [0.15, 0.2) is 5.22 Å². The SMILES string of the molecule is CC.CC/C(=C(\c1ccc(O)cc1)c1ccc(OCCNC)cc1)c1ccc2oc(Cl)cc2c1. The Bertz CT molecular complexity index is 1220. The highest BCUT2D eigenvalue weighted by molar-refractivity contribution is 6.29. The molecule has 0 aliphatic rings. The van der Waals surface area contributed by atoms with E-state index >= 15 is 0 Å². The number of phenols is 1. The van der Waals surface area contributed by atoms with Crippen LogP contribution in [0.1, 0.15) is 43.9 Å². The van der Waals surface area contributed by atoms with Gasteiger partial charge < -0.3 is 19.6 Å². The standard InChI is InChI=1S/C27H26ClNO3.C2H6/c1-3-24(20-8-13-25-21(16-20)17-26(28)32-25)27(18-4-9-22(30)10-5-18)19-6-11-23(12-7-19)31-15-14-29-2;1-2/h4-13,16-17,29-30H,3,14-15H2,1-2H3;1-2H3/b27-24-;.